The van der Waals surface area contributed by atoms with E-state index in [1.165, 1.54) is 24.8 Å². The van der Waals surface area contributed by atoms with Crippen LogP contribution in [0.25, 0.3) is 0 Å². The second-order valence-corrected chi connectivity index (χ2v) is 5.21. The molecule has 1 aromatic rings. The maximum absolute atomic E-state index is 11.1. The average molecular weight is 245 g/mol. The number of nitrogens with one attached hydrogen (secondary N) is 1. The number of anilines is 1. The Morgan fingerprint density at radius 3 is 2.94 bits per heavy atom. The Balaban J connectivity index is 1.83. The van der Waals surface area contributed by atoms with Crippen LogP contribution in [-0.4, -0.2) is 28.9 Å². The molecule has 1 aromatic heterocycles. The van der Waals surface area contributed by atoms with E-state index in [1.54, 1.807) is 0 Å². The zero-order valence-corrected chi connectivity index (χ0v) is 10.5. The summed E-state index contributed by atoms with van der Waals surface area (Å²) in [4.78, 5) is 17.4. The Morgan fingerprint density at radius 2 is 2.22 bits per heavy atom. The van der Waals surface area contributed by atoms with Crippen molar-refractivity contribution in [2.45, 2.75) is 44.2 Å². The largest absolute Gasteiger partial charge is 0.367 e. The molecule has 2 heterocycles. The fourth-order valence-electron chi connectivity index (χ4n) is 2.80. The minimum Gasteiger partial charge on any atom is -0.367 e. The lowest BCUT2D eigenvalue weighted by Gasteiger charge is -2.29. The van der Waals surface area contributed by atoms with Crippen molar-refractivity contribution < 1.29 is 4.79 Å². The van der Waals surface area contributed by atoms with E-state index in [2.05, 4.69) is 16.4 Å². The highest BCUT2D eigenvalue weighted by atomic mass is 16.1. The number of carbonyl (C=O) groups excluding carboxylic acids is 1. The van der Waals surface area contributed by atoms with Gasteiger partial charge in [0.25, 0.3) is 0 Å². The zero-order valence-electron chi connectivity index (χ0n) is 10.5. The highest BCUT2D eigenvalue weighted by Gasteiger charge is 2.28. The van der Waals surface area contributed by atoms with Crippen molar-refractivity contribution in [1.82, 2.24) is 9.88 Å². The highest BCUT2D eigenvalue weighted by molar-refractivity contribution is 5.54. The summed E-state index contributed by atoms with van der Waals surface area (Å²) in [5.41, 5.74) is 1.18. The van der Waals surface area contributed by atoms with Crippen molar-refractivity contribution in [2.24, 2.45) is 0 Å². The van der Waals surface area contributed by atoms with Gasteiger partial charge in [-0.2, -0.15) is 0 Å². The van der Waals surface area contributed by atoms with Gasteiger partial charge in [0.15, 0.2) is 0 Å². The van der Waals surface area contributed by atoms with Crippen LogP contribution in [0.4, 0.5) is 5.82 Å². The van der Waals surface area contributed by atoms with Crippen LogP contribution in [0.1, 0.15) is 43.7 Å². The monoisotopic (exact) mass is 245 g/mol. The second-order valence-electron chi connectivity index (χ2n) is 5.21. The van der Waals surface area contributed by atoms with Crippen LogP contribution in [0.5, 0.6) is 0 Å². The molecule has 18 heavy (non-hydrogen) atoms. The predicted molar refractivity (Wildman–Crippen MR) is 70.2 cm³/mol. The molecular formula is C14H19N3O. The lowest BCUT2D eigenvalue weighted by Crippen LogP contribution is -2.29. The van der Waals surface area contributed by atoms with Gasteiger partial charge in [0, 0.05) is 24.3 Å². The summed E-state index contributed by atoms with van der Waals surface area (Å²) in [5, 5.41) is 3.51. The molecule has 1 saturated heterocycles. The quantitative estimate of drug-likeness (QED) is 0.828. The van der Waals surface area contributed by atoms with Crippen LogP contribution < -0.4 is 5.32 Å². The van der Waals surface area contributed by atoms with Crippen LogP contribution in [-0.2, 0) is 4.79 Å². The van der Waals surface area contributed by atoms with Crippen molar-refractivity contribution in [3.8, 4) is 0 Å². The molecule has 1 N–H and O–H groups in total. The minimum absolute atomic E-state index is 0.207. The first-order chi connectivity index (χ1) is 8.88. The number of nitrogens with zero attached hydrogens (tertiary/aromatic N) is 2. The minimum atomic E-state index is 0.207. The van der Waals surface area contributed by atoms with Gasteiger partial charge in [-0.25, -0.2) is 4.98 Å². The molecular weight excluding hydrogens is 226 g/mol. The predicted octanol–water partition coefficient (Wildman–Crippen LogP) is 2.34. The van der Waals surface area contributed by atoms with E-state index in [4.69, 9.17) is 0 Å². The Bertz CT molecular complexity index is 431. The number of hydrogen-bond donors (Lipinski definition) is 1. The van der Waals surface area contributed by atoms with E-state index >= 15 is 0 Å². The molecule has 0 aromatic carbocycles. The molecule has 96 valence electrons. The van der Waals surface area contributed by atoms with E-state index in [9.17, 15) is 4.79 Å². The van der Waals surface area contributed by atoms with E-state index in [0.29, 0.717) is 6.04 Å². The Morgan fingerprint density at radius 1 is 1.33 bits per heavy atom. The molecule has 1 aliphatic heterocycles. The molecule has 2 fully saturated rings. The molecule has 0 spiro atoms. The van der Waals surface area contributed by atoms with E-state index in [0.717, 1.165) is 31.6 Å². The van der Waals surface area contributed by atoms with Gasteiger partial charge in [-0.15, -0.1) is 0 Å². The lowest BCUT2D eigenvalue weighted by atomic mass is 9.93. The van der Waals surface area contributed by atoms with Crippen molar-refractivity contribution in [3.05, 3.63) is 23.9 Å². The molecule has 0 bridgehead atoms. The third-order valence-corrected chi connectivity index (χ3v) is 4.07. The Kier molecular flexibility index (Phi) is 3.17. The number of amides is 1. The fraction of sp³-hybridized carbons (Fsp3) is 0.571. The number of aromatic nitrogens is 1. The Hall–Kier alpha value is -1.58. The topological polar surface area (TPSA) is 45.2 Å². The molecule has 3 rings (SSSR count). The normalized spacial score (nSPS) is 23.8. The molecule has 1 aliphatic carbocycles. The van der Waals surface area contributed by atoms with Crippen molar-refractivity contribution >= 4 is 12.2 Å². The number of pyridine rings is 1. The van der Waals surface area contributed by atoms with Gasteiger partial charge in [0.05, 0.1) is 6.04 Å². The van der Waals surface area contributed by atoms with Crippen LogP contribution in [0.2, 0.25) is 0 Å². The standard InChI is InChI=1S/C14H19N3O/c18-10-17-9-3-7-13(17)12-6-2-8-15-14(12)16-11-4-1-5-11/h2,6,8,10-11,13H,1,3-5,7,9H2,(H,15,16)/t13-/m0/s1. The summed E-state index contributed by atoms with van der Waals surface area (Å²) < 4.78 is 0. The number of rotatable bonds is 4. The molecule has 4 nitrogen and oxygen atoms in total. The van der Waals surface area contributed by atoms with Crippen molar-refractivity contribution in [3.63, 3.8) is 0 Å². The van der Waals surface area contributed by atoms with E-state index in [1.807, 2.05) is 17.2 Å². The summed E-state index contributed by atoms with van der Waals surface area (Å²) in [7, 11) is 0. The molecule has 4 heteroatoms. The van der Waals surface area contributed by atoms with Gasteiger partial charge in [-0.05, 0) is 38.2 Å². The third kappa shape index (κ3) is 2.07. The lowest BCUT2D eigenvalue weighted by molar-refractivity contribution is -0.118. The molecule has 0 unspecified atom stereocenters. The van der Waals surface area contributed by atoms with Crippen LogP contribution >= 0.6 is 0 Å². The first kappa shape index (κ1) is 11.5. The van der Waals surface area contributed by atoms with Gasteiger partial charge in [-0.1, -0.05) is 6.07 Å². The van der Waals surface area contributed by atoms with Gasteiger partial charge in [-0.3, -0.25) is 4.79 Å². The number of carbonyl (C=O) groups is 1. The summed E-state index contributed by atoms with van der Waals surface area (Å²) in [6.07, 6.45) is 8.70. The van der Waals surface area contributed by atoms with Crippen molar-refractivity contribution in [1.29, 1.82) is 0 Å². The molecule has 0 radical (unpaired) electrons. The van der Waals surface area contributed by atoms with Crippen LogP contribution in [0.3, 0.4) is 0 Å². The average Bonchev–Trinajstić information content (AvgIpc) is 2.82. The summed E-state index contributed by atoms with van der Waals surface area (Å²) in [6.45, 7) is 0.867. The molecule has 2 aliphatic rings. The van der Waals surface area contributed by atoms with E-state index in [-0.39, 0.29) is 6.04 Å². The highest BCUT2D eigenvalue weighted by Crippen LogP contribution is 2.35. The first-order valence-electron chi connectivity index (χ1n) is 6.81. The summed E-state index contributed by atoms with van der Waals surface area (Å²) in [5.74, 6) is 0.973. The number of hydrogen-bond acceptors (Lipinski definition) is 3. The molecule has 1 atom stereocenters. The van der Waals surface area contributed by atoms with E-state index < -0.39 is 0 Å². The maximum Gasteiger partial charge on any atom is 0.210 e. The second kappa shape index (κ2) is 4.96. The zero-order chi connectivity index (χ0) is 12.4. The van der Waals surface area contributed by atoms with Gasteiger partial charge in [0.2, 0.25) is 6.41 Å². The smallest absolute Gasteiger partial charge is 0.210 e. The fourth-order valence-corrected chi connectivity index (χ4v) is 2.80. The van der Waals surface area contributed by atoms with Gasteiger partial charge >= 0.3 is 0 Å². The number of likely N-dealkylation sites (tertiary alicyclic amines) is 1. The van der Waals surface area contributed by atoms with Gasteiger partial charge < -0.3 is 10.2 Å². The van der Waals surface area contributed by atoms with Crippen LogP contribution in [0.15, 0.2) is 18.3 Å². The molecule has 1 amide bonds. The summed E-state index contributed by atoms with van der Waals surface area (Å²) in [6, 6.07) is 4.84. The maximum atomic E-state index is 11.1. The SMILES string of the molecule is O=CN1CCC[C@H]1c1cccnc1NC1CCC1. The van der Waals surface area contributed by atoms with Crippen LogP contribution in [0, 0.1) is 0 Å². The third-order valence-electron chi connectivity index (χ3n) is 4.07. The van der Waals surface area contributed by atoms with Crippen molar-refractivity contribution in [2.75, 3.05) is 11.9 Å². The molecule has 1 saturated carbocycles. The summed E-state index contributed by atoms with van der Waals surface area (Å²) >= 11 is 0. The Labute approximate surface area is 107 Å². The first-order valence-corrected chi connectivity index (χ1v) is 6.81. The van der Waals surface area contributed by atoms with Gasteiger partial charge in [0.1, 0.15) is 5.82 Å².